The normalized spacial score (nSPS) is 19.8. The Kier molecular flexibility index (Phi) is 4.73. The third-order valence-corrected chi connectivity index (χ3v) is 4.99. The number of thioether (sulfide) groups is 1. The van der Waals surface area contributed by atoms with Gasteiger partial charge in [0, 0.05) is 15.9 Å². The number of anilines is 1. The molecule has 2 rings (SSSR count). The van der Waals surface area contributed by atoms with Gasteiger partial charge in [0.25, 0.3) is 0 Å². The van der Waals surface area contributed by atoms with E-state index in [2.05, 4.69) is 54.2 Å². The first kappa shape index (κ1) is 13.9. The summed E-state index contributed by atoms with van der Waals surface area (Å²) in [5.41, 5.74) is 2.37. The lowest BCUT2D eigenvalue weighted by atomic mass is 10.0. The maximum absolute atomic E-state index is 4.80. The summed E-state index contributed by atoms with van der Waals surface area (Å²) in [6.07, 6.45) is 1.19. The molecule has 1 unspecified atom stereocenters. The van der Waals surface area contributed by atoms with Crippen LogP contribution in [0.2, 0.25) is 0 Å². The van der Waals surface area contributed by atoms with E-state index >= 15 is 0 Å². The Morgan fingerprint density at radius 3 is 2.94 bits per heavy atom. The summed E-state index contributed by atoms with van der Waals surface area (Å²) in [6, 6.07) is 6.67. The topological polar surface area (TPSA) is 24.4 Å². The van der Waals surface area contributed by atoms with E-state index in [1.54, 1.807) is 0 Å². The molecule has 4 heteroatoms. The molecule has 1 aromatic carbocycles. The van der Waals surface area contributed by atoms with E-state index in [0.29, 0.717) is 12.0 Å². The lowest BCUT2D eigenvalue weighted by molar-refractivity contribution is 0.485. The SMILES string of the molecule is Cc1c(Br)cccc1NC1=NC(C(C)C)CCS1. The van der Waals surface area contributed by atoms with E-state index in [-0.39, 0.29) is 0 Å². The second-order valence-electron chi connectivity index (χ2n) is 4.92. The monoisotopic (exact) mass is 326 g/mol. The Labute approximate surface area is 122 Å². The number of rotatable bonds is 2. The minimum atomic E-state index is 0.459. The lowest BCUT2D eigenvalue weighted by Crippen LogP contribution is -2.24. The molecule has 0 saturated heterocycles. The number of hydrogen-bond donors (Lipinski definition) is 1. The molecule has 1 aliphatic heterocycles. The molecule has 0 radical (unpaired) electrons. The summed E-state index contributed by atoms with van der Waals surface area (Å²) >= 11 is 5.38. The van der Waals surface area contributed by atoms with Crippen LogP contribution in [-0.4, -0.2) is 17.0 Å². The fraction of sp³-hybridized carbons (Fsp3) is 0.500. The van der Waals surface area contributed by atoms with Gasteiger partial charge in [0.15, 0.2) is 5.17 Å². The van der Waals surface area contributed by atoms with Gasteiger partial charge in [-0.25, -0.2) is 0 Å². The van der Waals surface area contributed by atoms with Gasteiger partial charge in [0.1, 0.15) is 0 Å². The van der Waals surface area contributed by atoms with Crippen LogP contribution >= 0.6 is 27.7 Å². The van der Waals surface area contributed by atoms with Crippen molar-refractivity contribution in [1.29, 1.82) is 0 Å². The minimum absolute atomic E-state index is 0.459. The van der Waals surface area contributed by atoms with Gasteiger partial charge in [0.05, 0.1) is 6.04 Å². The van der Waals surface area contributed by atoms with Crippen molar-refractivity contribution < 1.29 is 0 Å². The summed E-state index contributed by atoms with van der Waals surface area (Å²) in [4.78, 5) is 4.80. The average Bonchev–Trinajstić information content (AvgIpc) is 2.35. The smallest absolute Gasteiger partial charge is 0.161 e. The summed E-state index contributed by atoms with van der Waals surface area (Å²) in [5, 5.41) is 4.51. The van der Waals surface area contributed by atoms with Crippen LogP contribution in [0.1, 0.15) is 25.8 Å². The van der Waals surface area contributed by atoms with Crippen molar-refractivity contribution in [2.75, 3.05) is 11.1 Å². The fourth-order valence-corrected chi connectivity index (χ4v) is 3.25. The summed E-state index contributed by atoms with van der Waals surface area (Å²) in [6.45, 7) is 6.60. The van der Waals surface area contributed by atoms with Crippen molar-refractivity contribution in [2.24, 2.45) is 10.9 Å². The fourth-order valence-electron chi connectivity index (χ4n) is 1.94. The second kappa shape index (κ2) is 6.11. The van der Waals surface area contributed by atoms with Gasteiger partial charge >= 0.3 is 0 Å². The highest BCUT2D eigenvalue weighted by molar-refractivity contribution is 9.10. The zero-order valence-corrected chi connectivity index (χ0v) is 13.4. The van der Waals surface area contributed by atoms with Crippen molar-refractivity contribution in [3.8, 4) is 0 Å². The Balaban J connectivity index is 2.16. The molecule has 0 bridgehead atoms. The van der Waals surface area contributed by atoms with Crippen LogP contribution in [0.4, 0.5) is 5.69 Å². The Morgan fingerprint density at radius 2 is 2.22 bits per heavy atom. The standard InChI is InChI=1S/C14H19BrN2S/c1-9(2)12-7-8-18-14(16-12)17-13-6-4-5-11(15)10(13)3/h4-6,9,12H,7-8H2,1-3H3,(H,16,17). The van der Waals surface area contributed by atoms with Crippen LogP contribution in [0.3, 0.4) is 0 Å². The molecule has 18 heavy (non-hydrogen) atoms. The van der Waals surface area contributed by atoms with Gasteiger partial charge in [-0.15, -0.1) is 0 Å². The first-order chi connectivity index (χ1) is 8.58. The Bertz CT molecular complexity index is 457. The third kappa shape index (κ3) is 3.29. The number of aliphatic imine (C=N–C) groups is 1. The molecule has 2 nitrogen and oxygen atoms in total. The van der Waals surface area contributed by atoms with E-state index < -0.39 is 0 Å². The molecule has 0 aromatic heterocycles. The van der Waals surface area contributed by atoms with Crippen molar-refractivity contribution in [3.63, 3.8) is 0 Å². The summed E-state index contributed by atoms with van der Waals surface area (Å²) in [5.74, 6) is 1.77. The number of nitrogens with zero attached hydrogens (tertiary/aromatic N) is 1. The highest BCUT2D eigenvalue weighted by Gasteiger charge is 2.19. The summed E-state index contributed by atoms with van der Waals surface area (Å²) < 4.78 is 1.13. The molecule has 0 spiro atoms. The van der Waals surface area contributed by atoms with Crippen molar-refractivity contribution in [1.82, 2.24) is 0 Å². The van der Waals surface area contributed by atoms with Gasteiger partial charge < -0.3 is 5.32 Å². The van der Waals surface area contributed by atoms with Crippen LogP contribution in [0.15, 0.2) is 27.7 Å². The molecule has 0 amide bonds. The van der Waals surface area contributed by atoms with E-state index in [0.717, 1.165) is 21.1 Å². The van der Waals surface area contributed by atoms with Crippen LogP contribution in [-0.2, 0) is 0 Å². The molecule has 1 atom stereocenters. The number of benzene rings is 1. The Hall–Kier alpha value is -0.480. The van der Waals surface area contributed by atoms with E-state index in [4.69, 9.17) is 4.99 Å². The predicted octanol–water partition coefficient (Wildman–Crippen LogP) is 4.69. The molecule has 0 saturated carbocycles. The average molecular weight is 327 g/mol. The first-order valence-corrected chi connectivity index (χ1v) is 8.08. The van der Waals surface area contributed by atoms with Gasteiger partial charge in [-0.3, -0.25) is 4.99 Å². The quantitative estimate of drug-likeness (QED) is 0.852. The molecule has 98 valence electrons. The predicted molar refractivity (Wildman–Crippen MR) is 85.6 cm³/mol. The first-order valence-electron chi connectivity index (χ1n) is 6.30. The van der Waals surface area contributed by atoms with Gasteiger partial charge in [-0.1, -0.05) is 47.6 Å². The van der Waals surface area contributed by atoms with Gasteiger partial charge in [0.2, 0.25) is 0 Å². The van der Waals surface area contributed by atoms with Crippen molar-refractivity contribution >= 4 is 38.5 Å². The molecule has 0 fully saturated rings. The molecule has 0 aliphatic carbocycles. The zero-order valence-electron chi connectivity index (χ0n) is 11.0. The van der Waals surface area contributed by atoms with E-state index in [9.17, 15) is 0 Å². The van der Waals surface area contributed by atoms with E-state index in [1.165, 1.54) is 12.0 Å². The lowest BCUT2D eigenvalue weighted by Gasteiger charge is -2.23. The maximum atomic E-state index is 4.80. The van der Waals surface area contributed by atoms with Crippen LogP contribution < -0.4 is 5.32 Å². The largest absolute Gasteiger partial charge is 0.335 e. The van der Waals surface area contributed by atoms with Crippen LogP contribution in [0.25, 0.3) is 0 Å². The molecule has 1 aromatic rings. The Morgan fingerprint density at radius 1 is 1.44 bits per heavy atom. The number of amidine groups is 1. The minimum Gasteiger partial charge on any atom is -0.335 e. The number of hydrogen-bond acceptors (Lipinski definition) is 3. The maximum Gasteiger partial charge on any atom is 0.161 e. The van der Waals surface area contributed by atoms with Crippen molar-refractivity contribution in [2.45, 2.75) is 33.2 Å². The molecule has 1 heterocycles. The molecular weight excluding hydrogens is 308 g/mol. The molecule has 1 N–H and O–H groups in total. The number of nitrogens with one attached hydrogen (secondary N) is 1. The van der Waals surface area contributed by atoms with Crippen LogP contribution in [0, 0.1) is 12.8 Å². The van der Waals surface area contributed by atoms with Gasteiger partial charge in [-0.05, 0) is 37.0 Å². The third-order valence-electron chi connectivity index (χ3n) is 3.21. The highest BCUT2D eigenvalue weighted by Crippen LogP contribution is 2.27. The molecular formula is C14H19BrN2S. The van der Waals surface area contributed by atoms with Crippen LogP contribution in [0.5, 0.6) is 0 Å². The van der Waals surface area contributed by atoms with Crippen molar-refractivity contribution in [3.05, 3.63) is 28.2 Å². The number of halogens is 1. The highest BCUT2D eigenvalue weighted by atomic mass is 79.9. The second-order valence-corrected chi connectivity index (χ2v) is 6.86. The zero-order chi connectivity index (χ0) is 13.1. The summed E-state index contributed by atoms with van der Waals surface area (Å²) in [7, 11) is 0. The van der Waals surface area contributed by atoms with E-state index in [1.807, 2.05) is 17.8 Å². The van der Waals surface area contributed by atoms with Gasteiger partial charge in [-0.2, -0.15) is 0 Å². The molecule has 1 aliphatic rings.